The molecular weight excluding hydrogens is 488 g/mol. The van der Waals surface area contributed by atoms with Gasteiger partial charge in [-0.2, -0.15) is 10.2 Å². The minimum absolute atomic E-state index is 0.187. The predicted molar refractivity (Wildman–Crippen MR) is 156 cm³/mol. The number of piperazine rings is 1. The van der Waals surface area contributed by atoms with Gasteiger partial charge in [0.1, 0.15) is 23.2 Å². The van der Waals surface area contributed by atoms with Gasteiger partial charge >= 0.3 is 0 Å². The number of nitrogens with zero attached hydrogens (tertiary/aromatic N) is 5. The van der Waals surface area contributed by atoms with Crippen molar-refractivity contribution in [3.8, 4) is 30.0 Å². The van der Waals surface area contributed by atoms with Crippen molar-refractivity contribution in [3.63, 3.8) is 0 Å². The van der Waals surface area contributed by atoms with E-state index in [2.05, 4.69) is 39.1 Å². The number of nitriles is 1. The summed E-state index contributed by atoms with van der Waals surface area (Å²) in [5, 5.41) is 25.6. The summed E-state index contributed by atoms with van der Waals surface area (Å²) in [4.78, 5) is 11.6. The molecule has 0 amide bonds. The fourth-order valence-electron chi connectivity index (χ4n) is 5.83. The average molecular weight is 525 g/mol. The molecule has 3 aliphatic rings. The first-order valence-electron chi connectivity index (χ1n) is 13.7. The Balaban J connectivity index is 0.000000455. The minimum atomic E-state index is 0.187. The molecule has 8 nitrogen and oxygen atoms in total. The summed E-state index contributed by atoms with van der Waals surface area (Å²) in [6.07, 6.45) is 9.36. The van der Waals surface area contributed by atoms with Crippen LogP contribution in [0, 0.1) is 23.7 Å². The molecule has 39 heavy (non-hydrogen) atoms. The van der Waals surface area contributed by atoms with Crippen molar-refractivity contribution < 1.29 is 9.84 Å². The molecule has 0 bridgehead atoms. The van der Waals surface area contributed by atoms with Gasteiger partial charge in [0.2, 0.25) is 5.88 Å². The molecule has 2 fully saturated rings. The van der Waals surface area contributed by atoms with Crippen molar-refractivity contribution in [1.82, 2.24) is 15.2 Å². The molecule has 0 radical (unpaired) electrons. The Morgan fingerprint density at radius 1 is 1.05 bits per heavy atom. The van der Waals surface area contributed by atoms with Crippen LogP contribution in [0.25, 0.3) is 10.8 Å². The molecule has 6 rings (SSSR count). The number of aromatic hydroxyl groups is 1. The molecule has 0 atom stereocenters. The molecule has 2 N–H and O–H groups in total. The minimum Gasteiger partial charge on any atom is -0.508 e. The van der Waals surface area contributed by atoms with Crippen LogP contribution >= 0.6 is 0 Å². The molecule has 2 aromatic carbocycles. The van der Waals surface area contributed by atoms with E-state index in [1.165, 1.54) is 25.9 Å². The van der Waals surface area contributed by atoms with Gasteiger partial charge in [-0.3, -0.25) is 0 Å². The number of nitrogens with one attached hydrogen (secondary N) is 1. The van der Waals surface area contributed by atoms with Crippen molar-refractivity contribution in [2.75, 3.05) is 69.8 Å². The zero-order valence-corrected chi connectivity index (χ0v) is 22.8. The summed E-state index contributed by atoms with van der Waals surface area (Å²) in [5.41, 5.74) is 4.15. The van der Waals surface area contributed by atoms with Gasteiger partial charge in [0.15, 0.2) is 0 Å². The summed E-state index contributed by atoms with van der Waals surface area (Å²) < 4.78 is 5.54. The van der Waals surface area contributed by atoms with E-state index in [0.29, 0.717) is 18.0 Å². The second-order valence-corrected chi connectivity index (χ2v) is 10.3. The lowest BCUT2D eigenvalue weighted by Gasteiger charge is -2.36. The Hall–Kier alpha value is -3.98. The number of methoxy groups -OCH3 is 1. The highest BCUT2D eigenvalue weighted by Gasteiger charge is 2.30. The third-order valence-electron chi connectivity index (χ3n) is 7.83. The summed E-state index contributed by atoms with van der Waals surface area (Å²) in [6.45, 7) is 7.39. The summed E-state index contributed by atoms with van der Waals surface area (Å²) in [7, 11) is 3.73. The molecule has 3 aromatic rings. The average Bonchev–Trinajstić information content (AvgIpc) is 3.46. The highest BCUT2D eigenvalue weighted by Crippen LogP contribution is 2.40. The predicted octanol–water partition coefficient (Wildman–Crippen LogP) is 3.49. The van der Waals surface area contributed by atoms with Crippen LogP contribution in [0.2, 0.25) is 0 Å². The maximum atomic E-state index is 10.4. The number of pyridine rings is 1. The van der Waals surface area contributed by atoms with E-state index in [-0.39, 0.29) is 5.75 Å². The van der Waals surface area contributed by atoms with E-state index in [1.807, 2.05) is 18.2 Å². The van der Waals surface area contributed by atoms with Crippen LogP contribution in [-0.4, -0.2) is 75.0 Å². The molecular formula is C31H36N6O2. The van der Waals surface area contributed by atoms with E-state index < -0.39 is 0 Å². The van der Waals surface area contributed by atoms with Gasteiger partial charge < -0.3 is 29.9 Å². The molecule has 0 saturated carbocycles. The van der Waals surface area contributed by atoms with Crippen LogP contribution < -0.4 is 19.9 Å². The second kappa shape index (κ2) is 11.8. The van der Waals surface area contributed by atoms with Crippen molar-refractivity contribution >= 4 is 22.3 Å². The Bertz CT molecular complexity index is 1430. The van der Waals surface area contributed by atoms with Gasteiger partial charge in [-0.15, -0.1) is 6.42 Å². The van der Waals surface area contributed by atoms with E-state index in [1.54, 1.807) is 19.2 Å². The summed E-state index contributed by atoms with van der Waals surface area (Å²) in [6, 6.07) is 11.6. The van der Waals surface area contributed by atoms with Gasteiger partial charge in [0.25, 0.3) is 0 Å². The molecule has 1 aromatic heterocycles. The van der Waals surface area contributed by atoms with Crippen LogP contribution in [-0.2, 0) is 13.0 Å². The molecule has 2 saturated heterocycles. The lowest BCUT2D eigenvalue weighted by atomic mass is 9.94. The normalized spacial score (nSPS) is 17.1. The third-order valence-corrected chi connectivity index (χ3v) is 7.83. The largest absolute Gasteiger partial charge is 0.508 e. The van der Waals surface area contributed by atoms with Gasteiger partial charge in [0, 0.05) is 73.1 Å². The van der Waals surface area contributed by atoms with Crippen LogP contribution in [0.15, 0.2) is 30.3 Å². The van der Waals surface area contributed by atoms with Crippen molar-refractivity contribution in [1.29, 1.82) is 5.26 Å². The zero-order chi connectivity index (χ0) is 27.4. The number of phenols is 1. The van der Waals surface area contributed by atoms with Gasteiger partial charge in [-0.1, -0.05) is 18.1 Å². The van der Waals surface area contributed by atoms with Crippen LogP contribution in [0.4, 0.5) is 11.5 Å². The molecule has 202 valence electrons. The maximum absolute atomic E-state index is 10.4. The Kier molecular flexibility index (Phi) is 8.07. The van der Waals surface area contributed by atoms with Crippen molar-refractivity contribution in [2.24, 2.45) is 0 Å². The number of hydrogen-bond donors (Lipinski definition) is 2. The van der Waals surface area contributed by atoms with E-state index in [0.717, 1.165) is 78.1 Å². The van der Waals surface area contributed by atoms with Crippen LogP contribution in [0.5, 0.6) is 11.6 Å². The standard InChI is InChI=1S/C26H25N5O2.C5H11N/c1-3-17-5-4-6-18-13-19(32)14-23(24(17)18)31-10-7-20-22(16-31)21(15-27)26(33-2)29-25(20)30-11-8-28-9-12-30;1-6-4-2-3-5-6/h1,4-6,13-14,28,32H,7-12,16H2,2H3;2-5H2,1H3. The maximum Gasteiger partial charge on any atom is 0.233 e. The zero-order valence-electron chi connectivity index (χ0n) is 22.8. The number of anilines is 2. The number of phenolic OH excluding ortho intramolecular Hbond substituents is 1. The first-order chi connectivity index (χ1) is 19.0. The van der Waals surface area contributed by atoms with Crippen molar-refractivity contribution in [2.45, 2.75) is 25.8 Å². The molecule has 0 unspecified atom stereocenters. The highest BCUT2D eigenvalue weighted by atomic mass is 16.5. The third kappa shape index (κ3) is 5.45. The first kappa shape index (κ1) is 26.6. The Morgan fingerprint density at radius 3 is 2.46 bits per heavy atom. The topological polar surface area (TPSA) is 87.9 Å². The lowest BCUT2D eigenvalue weighted by molar-refractivity contribution is 0.394. The molecule has 4 heterocycles. The number of fused-ring (bicyclic) bond motifs is 2. The number of benzene rings is 2. The van der Waals surface area contributed by atoms with E-state index >= 15 is 0 Å². The van der Waals surface area contributed by atoms with Crippen LogP contribution in [0.1, 0.15) is 35.1 Å². The smallest absolute Gasteiger partial charge is 0.233 e. The van der Waals surface area contributed by atoms with Gasteiger partial charge in [0.05, 0.1) is 7.11 Å². The van der Waals surface area contributed by atoms with Gasteiger partial charge in [-0.25, -0.2) is 0 Å². The number of aromatic nitrogens is 1. The molecule has 0 aliphatic carbocycles. The van der Waals surface area contributed by atoms with E-state index in [4.69, 9.17) is 16.1 Å². The lowest BCUT2D eigenvalue weighted by Crippen LogP contribution is -2.45. The number of rotatable bonds is 3. The number of terminal acetylenes is 1. The number of hydrogen-bond acceptors (Lipinski definition) is 8. The highest BCUT2D eigenvalue weighted by molar-refractivity contribution is 6.00. The second-order valence-electron chi connectivity index (χ2n) is 10.3. The van der Waals surface area contributed by atoms with E-state index in [9.17, 15) is 10.4 Å². The Labute approximate surface area is 230 Å². The Morgan fingerprint density at radius 2 is 1.82 bits per heavy atom. The molecule has 8 heteroatoms. The quantitative estimate of drug-likeness (QED) is 0.504. The van der Waals surface area contributed by atoms with Gasteiger partial charge in [-0.05, 0) is 56.9 Å². The SMILES string of the molecule is C#Cc1cccc2cc(O)cc(N3CCc4c(N5CCNCC5)nc(OC)c(C#N)c4C3)c12.CN1CCCC1. The molecule has 3 aliphatic heterocycles. The van der Waals surface area contributed by atoms with Crippen LogP contribution in [0.3, 0.4) is 0 Å². The molecule has 0 spiro atoms. The number of ether oxygens (including phenoxy) is 1. The first-order valence-corrected chi connectivity index (χ1v) is 13.7. The monoisotopic (exact) mass is 524 g/mol. The summed E-state index contributed by atoms with van der Waals surface area (Å²) in [5.74, 6) is 4.23. The fourth-order valence-corrected chi connectivity index (χ4v) is 5.83. The van der Waals surface area contributed by atoms with Crippen molar-refractivity contribution in [3.05, 3.63) is 52.6 Å². The summed E-state index contributed by atoms with van der Waals surface area (Å²) >= 11 is 0. The fraction of sp³-hybridized carbons (Fsp3) is 0.419. The number of likely N-dealkylation sites (tertiary alicyclic amines) is 1.